The number of benzene rings is 1. The fourth-order valence-electron chi connectivity index (χ4n) is 5.96. The number of aromatic amines is 1. The van der Waals surface area contributed by atoms with E-state index in [2.05, 4.69) is 37.8 Å². The lowest BCUT2D eigenvalue weighted by Crippen LogP contribution is -2.53. The highest BCUT2D eigenvalue weighted by Crippen LogP contribution is 2.33. The van der Waals surface area contributed by atoms with Gasteiger partial charge in [0.1, 0.15) is 24.3 Å². The molecule has 2 aliphatic heterocycles. The summed E-state index contributed by atoms with van der Waals surface area (Å²) in [7, 11) is 0. The van der Waals surface area contributed by atoms with Crippen molar-refractivity contribution < 1.29 is 14.3 Å². The van der Waals surface area contributed by atoms with E-state index in [9.17, 15) is 4.79 Å². The van der Waals surface area contributed by atoms with Gasteiger partial charge >= 0.3 is 0 Å². The Hall–Kier alpha value is -4.26. The molecule has 0 aliphatic carbocycles. The topological polar surface area (TPSA) is 135 Å². The Morgan fingerprint density at radius 1 is 1.23 bits per heavy atom. The third-order valence-electron chi connectivity index (χ3n) is 8.51. The van der Waals surface area contributed by atoms with E-state index in [1.54, 1.807) is 29.2 Å². The monoisotopic (exact) mass is 615 g/mol. The SMILES string of the molecule is Cc1cccc(Cl)c1C(=O)NC1(C)CCN(c2cnc(-c3cc(OCC4CNCCO4)cn4nc5[nH]ncc5c34)cn2)CC1. The maximum atomic E-state index is 13.1. The van der Waals surface area contributed by atoms with Crippen molar-refractivity contribution in [2.75, 3.05) is 44.3 Å². The van der Waals surface area contributed by atoms with Gasteiger partial charge in [-0.1, -0.05) is 23.7 Å². The van der Waals surface area contributed by atoms with Crippen LogP contribution in [0.1, 0.15) is 35.7 Å². The molecule has 1 atom stereocenters. The molecule has 0 spiro atoms. The first-order valence-electron chi connectivity index (χ1n) is 14.8. The van der Waals surface area contributed by atoms with Crippen LogP contribution in [0.15, 0.2) is 49.1 Å². The molecule has 5 aromatic rings. The number of nitrogens with zero attached hydrogens (tertiary/aromatic N) is 6. The Kier molecular flexibility index (Phi) is 7.57. The molecular formula is C31H34ClN9O3. The standard InChI is InChI=1S/C31H34ClN9O3/c1-19-4-3-5-24(32)27(19)30(42)37-31(2)6-9-40(10-7-31)26-16-34-25(15-35-26)22-12-20(44-18-21-13-33-8-11-43-21)17-41-28(22)23-14-36-38-29(23)39-41/h3-5,12,14-17,21,33H,6-11,13,18H2,1-2H3,(H,37,42)(H,38,39). The minimum Gasteiger partial charge on any atom is -0.489 e. The van der Waals surface area contributed by atoms with Crippen LogP contribution in [0.4, 0.5) is 5.82 Å². The zero-order valence-electron chi connectivity index (χ0n) is 24.6. The number of morpholine rings is 1. The Morgan fingerprint density at radius 2 is 2.09 bits per heavy atom. The number of carbonyl (C=O) groups is 1. The van der Waals surface area contributed by atoms with Gasteiger partial charge in [0.25, 0.3) is 5.91 Å². The summed E-state index contributed by atoms with van der Waals surface area (Å²) in [5, 5.41) is 19.7. The number of hydrogen-bond acceptors (Lipinski definition) is 9. The Balaban J connectivity index is 1.08. The van der Waals surface area contributed by atoms with Crippen molar-refractivity contribution in [3.8, 4) is 17.0 Å². The number of halogens is 1. The molecule has 0 saturated carbocycles. The van der Waals surface area contributed by atoms with Crippen LogP contribution in [0.3, 0.4) is 0 Å². The zero-order chi connectivity index (χ0) is 30.3. The number of pyridine rings is 1. The largest absolute Gasteiger partial charge is 0.489 e. The van der Waals surface area contributed by atoms with E-state index in [4.69, 9.17) is 31.0 Å². The number of H-pyrrole nitrogens is 1. The maximum absolute atomic E-state index is 13.1. The second kappa shape index (κ2) is 11.7. The fraction of sp³-hybridized carbons (Fsp3) is 0.387. The highest BCUT2D eigenvalue weighted by atomic mass is 35.5. The molecule has 2 aliphatic rings. The number of nitrogens with one attached hydrogen (secondary N) is 3. The van der Waals surface area contributed by atoms with Crippen molar-refractivity contribution in [2.24, 2.45) is 0 Å². The van der Waals surface area contributed by atoms with Crippen molar-refractivity contribution >= 4 is 39.9 Å². The van der Waals surface area contributed by atoms with E-state index in [0.29, 0.717) is 40.9 Å². The first-order valence-corrected chi connectivity index (χ1v) is 15.2. The lowest BCUT2D eigenvalue weighted by molar-refractivity contribution is 0.000108. The molecule has 12 nitrogen and oxygen atoms in total. The normalized spacial score (nSPS) is 18.5. The Labute approximate surface area is 259 Å². The fourth-order valence-corrected chi connectivity index (χ4v) is 6.27. The third kappa shape index (κ3) is 5.56. The smallest absolute Gasteiger partial charge is 0.253 e. The molecule has 0 radical (unpaired) electrons. The summed E-state index contributed by atoms with van der Waals surface area (Å²) >= 11 is 6.34. The molecule has 0 bridgehead atoms. The Bertz CT molecular complexity index is 1790. The van der Waals surface area contributed by atoms with Crippen molar-refractivity contribution in [3.05, 3.63) is 65.2 Å². The van der Waals surface area contributed by atoms with Gasteiger partial charge in [-0.3, -0.25) is 14.9 Å². The summed E-state index contributed by atoms with van der Waals surface area (Å²) in [6.45, 7) is 8.15. The molecule has 6 heterocycles. The zero-order valence-corrected chi connectivity index (χ0v) is 25.4. The molecule has 1 amide bonds. The number of amides is 1. The van der Waals surface area contributed by atoms with Gasteiger partial charge in [-0.05, 0) is 44.4 Å². The number of aryl methyl sites for hydroxylation is 1. The predicted molar refractivity (Wildman–Crippen MR) is 167 cm³/mol. The summed E-state index contributed by atoms with van der Waals surface area (Å²) < 4.78 is 13.7. The average molecular weight is 616 g/mol. The number of fused-ring (bicyclic) bond motifs is 3. The molecule has 2 fully saturated rings. The van der Waals surface area contributed by atoms with Crippen LogP contribution in [0.2, 0.25) is 5.02 Å². The highest BCUT2D eigenvalue weighted by molar-refractivity contribution is 6.34. The lowest BCUT2D eigenvalue weighted by atomic mass is 9.89. The van der Waals surface area contributed by atoms with Crippen LogP contribution in [-0.4, -0.2) is 86.7 Å². The number of anilines is 1. The molecular weight excluding hydrogens is 582 g/mol. The number of ether oxygens (including phenoxy) is 2. The van der Waals surface area contributed by atoms with Crippen molar-refractivity contribution in [3.63, 3.8) is 0 Å². The van der Waals surface area contributed by atoms with Crippen molar-refractivity contribution in [1.82, 2.24) is 40.4 Å². The number of piperidine rings is 1. The second-order valence-electron chi connectivity index (χ2n) is 11.7. The number of hydrogen-bond donors (Lipinski definition) is 3. The van der Waals surface area contributed by atoms with Crippen LogP contribution in [0, 0.1) is 6.92 Å². The average Bonchev–Trinajstić information content (AvgIpc) is 3.62. The van der Waals surface area contributed by atoms with E-state index in [-0.39, 0.29) is 17.6 Å². The third-order valence-corrected chi connectivity index (χ3v) is 8.83. The molecule has 7 rings (SSSR count). The molecule has 3 N–H and O–H groups in total. The summed E-state index contributed by atoms with van der Waals surface area (Å²) in [6.07, 6.45) is 8.73. The highest BCUT2D eigenvalue weighted by Gasteiger charge is 2.33. The predicted octanol–water partition coefficient (Wildman–Crippen LogP) is 3.79. The number of carbonyl (C=O) groups excluding carboxylic acids is 1. The lowest BCUT2D eigenvalue weighted by Gasteiger charge is -2.40. The van der Waals surface area contributed by atoms with Gasteiger partial charge in [-0.15, -0.1) is 5.10 Å². The minimum absolute atomic E-state index is 0.0154. The first kappa shape index (κ1) is 28.5. The van der Waals surface area contributed by atoms with Crippen molar-refractivity contribution in [1.29, 1.82) is 0 Å². The van der Waals surface area contributed by atoms with Crippen LogP contribution in [0.5, 0.6) is 5.75 Å². The molecule has 44 heavy (non-hydrogen) atoms. The van der Waals surface area contributed by atoms with Gasteiger partial charge in [-0.2, -0.15) is 5.10 Å². The summed E-state index contributed by atoms with van der Waals surface area (Å²) in [6, 6.07) is 7.48. The molecule has 1 aromatic carbocycles. The first-order chi connectivity index (χ1) is 21.4. The van der Waals surface area contributed by atoms with E-state index in [0.717, 1.165) is 66.9 Å². The molecule has 13 heteroatoms. The van der Waals surface area contributed by atoms with Crippen molar-refractivity contribution in [2.45, 2.75) is 38.3 Å². The van der Waals surface area contributed by atoms with Gasteiger partial charge < -0.3 is 25.0 Å². The second-order valence-corrected chi connectivity index (χ2v) is 12.1. The maximum Gasteiger partial charge on any atom is 0.253 e. The summed E-state index contributed by atoms with van der Waals surface area (Å²) in [5.41, 5.74) is 4.14. The van der Waals surface area contributed by atoms with E-state index >= 15 is 0 Å². The van der Waals surface area contributed by atoms with Gasteiger partial charge in [-0.25, -0.2) is 9.50 Å². The van der Waals surface area contributed by atoms with E-state index in [1.807, 2.05) is 31.3 Å². The molecule has 228 valence electrons. The van der Waals surface area contributed by atoms with E-state index < -0.39 is 0 Å². The quantitative estimate of drug-likeness (QED) is 0.250. The molecule has 4 aromatic heterocycles. The van der Waals surface area contributed by atoms with Gasteiger partial charge in [0.05, 0.1) is 58.6 Å². The van der Waals surface area contributed by atoms with Gasteiger partial charge in [0.15, 0.2) is 5.65 Å². The minimum atomic E-state index is -0.352. The van der Waals surface area contributed by atoms with Crippen LogP contribution >= 0.6 is 11.6 Å². The number of aromatic nitrogens is 6. The van der Waals surface area contributed by atoms with Crippen LogP contribution < -0.4 is 20.3 Å². The van der Waals surface area contributed by atoms with Gasteiger partial charge in [0.2, 0.25) is 0 Å². The van der Waals surface area contributed by atoms with Crippen LogP contribution in [0.25, 0.3) is 27.8 Å². The van der Waals surface area contributed by atoms with E-state index in [1.165, 1.54) is 0 Å². The number of rotatable bonds is 7. The Morgan fingerprint density at radius 3 is 2.84 bits per heavy atom. The van der Waals surface area contributed by atoms with Crippen LogP contribution in [-0.2, 0) is 4.74 Å². The molecule has 1 unspecified atom stereocenters. The molecule has 2 saturated heterocycles. The summed E-state index contributed by atoms with van der Waals surface area (Å²) in [4.78, 5) is 24.9. The summed E-state index contributed by atoms with van der Waals surface area (Å²) in [5.74, 6) is 1.31. The van der Waals surface area contributed by atoms with Gasteiger partial charge in [0, 0.05) is 37.3 Å².